The molecule has 0 spiro atoms. The van der Waals surface area contributed by atoms with Gasteiger partial charge in [0.05, 0.1) is 0 Å². The third-order valence-corrected chi connectivity index (χ3v) is 3.14. The maximum absolute atomic E-state index is 11.7. The second-order valence-electron chi connectivity index (χ2n) is 3.08. The van der Waals surface area contributed by atoms with Crippen molar-refractivity contribution in [2.75, 3.05) is 38.5 Å². The number of hydrogen-bond donors (Lipinski definition) is 1. The molecule has 0 atom stereocenters. The summed E-state index contributed by atoms with van der Waals surface area (Å²) in [5, 5.41) is 3.93. The van der Waals surface area contributed by atoms with Gasteiger partial charge in [-0.3, -0.25) is 9.79 Å². The molecule has 4 nitrogen and oxygen atoms in total. The molecule has 0 saturated carbocycles. The van der Waals surface area contributed by atoms with Crippen LogP contribution in [-0.4, -0.2) is 54.3 Å². The molecule has 0 bridgehead atoms. The maximum Gasteiger partial charge on any atom is 0.278 e. The summed E-state index contributed by atoms with van der Waals surface area (Å²) >= 11 is 1.58. The molecule has 1 saturated heterocycles. The van der Waals surface area contributed by atoms with Gasteiger partial charge in [-0.2, -0.15) is 0 Å². The maximum atomic E-state index is 11.7. The number of nitrogens with zero attached hydrogens (tertiary/aromatic N) is 2. The van der Waals surface area contributed by atoms with Crippen LogP contribution < -0.4 is 5.32 Å². The Morgan fingerprint density at radius 3 is 2.85 bits per heavy atom. The van der Waals surface area contributed by atoms with Crippen molar-refractivity contribution in [3.63, 3.8) is 0 Å². The fraction of sp³-hybridized carbons (Fsp3) is 0.750. The normalized spacial score (nSPS) is 23.1. The summed E-state index contributed by atoms with van der Waals surface area (Å²) in [4.78, 5) is 17.8. The first-order chi connectivity index (χ1) is 6.38. The van der Waals surface area contributed by atoms with Crippen molar-refractivity contribution in [3.8, 4) is 0 Å². The molecule has 2 aliphatic heterocycles. The molecule has 0 radical (unpaired) electrons. The van der Waals surface area contributed by atoms with Crippen molar-refractivity contribution in [2.24, 2.45) is 4.99 Å². The number of aliphatic imine (C=N–C) groups is 1. The molecule has 0 aliphatic carbocycles. The molecular weight excluding hydrogens is 186 g/mol. The SMILES string of the molecule is O=C(C1=NCCS1)N1CCNCC1. The second-order valence-corrected chi connectivity index (χ2v) is 4.16. The topological polar surface area (TPSA) is 44.7 Å². The van der Waals surface area contributed by atoms with Crippen LogP contribution in [0.5, 0.6) is 0 Å². The zero-order chi connectivity index (χ0) is 9.10. The number of rotatable bonds is 1. The molecule has 0 aromatic rings. The second kappa shape index (κ2) is 4.11. The molecule has 72 valence electrons. The molecule has 2 heterocycles. The number of carbonyl (C=O) groups excluding carboxylic acids is 1. The lowest BCUT2D eigenvalue weighted by molar-refractivity contribution is -0.124. The van der Waals surface area contributed by atoms with E-state index in [0.717, 1.165) is 38.5 Å². The average Bonchev–Trinajstić information content (AvgIpc) is 2.71. The molecule has 0 aromatic heterocycles. The predicted molar refractivity (Wildman–Crippen MR) is 54.2 cm³/mol. The molecule has 13 heavy (non-hydrogen) atoms. The van der Waals surface area contributed by atoms with Gasteiger partial charge in [-0.15, -0.1) is 0 Å². The molecule has 0 aromatic carbocycles. The smallest absolute Gasteiger partial charge is 0.278 e. The minimum absolute atomic E-state index is 0.129. The lowest BCUT2D eigenvalue weighted by Gasteiger charge is -2.26. The third-order valence-electron chi connectivity index (χ3n) is 2.17. The van der Waals surface area contributed by atoms with Gasteiger partial charge in [-0.25, -0.2) is 0 Å². The molecule has 1 N–H and O–H groups in total. The molecule has 0 unspecified atom stereocenters. The number of amides is 1. The Morgan fingerprint density at radius 2 is 2.23 bits per heavy atom. The van der Waals surface area contributed by atoms with Gasteiger partial charge in [0.25, 0.3) is 5.91 Å². The standard InChI is InChI=1S/C8H13N3OS/c12-8(7-10-3-6-13-7)11-4-1-9-2-5-11/h9H,1-6H2. The summed E-state index contributed by atoms with van der Waals surface area (Å²) in [5.74, 6) is 1.09. The lowest BCUT2D eigenvalue weighted by Crippen LogP contribution is -2.48. The van der Waals surface area contributed by atoms with Crippen LogP contribution in [0, 0.1) is 0 Å². The van der Waals surface area contributed by atoms with Crippen LogP contribution in [0.4, 0.5) is 0 Å². The van der Waals surface area contributed by atoms with Crippen molar-refractivity contribution in [3.05, 3.63) is 0 Å². The van der Waals surface area contributed by atoms with Crippen molar-refractivity contribution in [2.45, 2.75) is 0 Å². The summed E-state index contributed by atoms with van der Waals surface area (Å²) in [6, 6.07) is 0. The van der Waals surface area contributed by atoms with Crippen LogP contribution in [0.15, 0.2) is 4.99 Å². The number of carbonyl (C=O) groups is 1. The third kappa shape index (κ3) is 2.03. The Balaban J connectivity index is 1.94. The van der Waals surface area contributed by atoms with Crippen molar-refractivity contribution in [1.29, 1.82) is 0 Å². The van der Waals surface area contributed by atoms with Crippen LogP contribution in [0.1, 0.15) is 0 Å². The first kappa shape index (κ1) is 9.02. The van der Waals surface area contributed by atoms with Crippen LogP contribution in [-0.2, 0) is 4.79 Å². The highest BCUT2D eigenvalue weighted by Gasteiger charge is 2.23. The lowest BCUT2D eigenvalue weighted by atomic mass is 10.3. The van der Waals surface area contributed by atoms with E-state index < -0.39 is 0 Å². The molecule has 1 amide bonds. The van der Waals surface area contributed by atoms with Crippen LogP contribution in [0.25, 0.3) is 0 Å². The Kier molecular flexibility index (Phi) is 2.85. The van der Waals surface area contributed by atoms with E-state index in [9.17, 15) is 4.79 Å². The Labute approximate surface area is 81.8 Å². The van der Waals surface area contributed by atoms with E-state index in [1.807, 2.05) is 4.90 Å². The van der Waals surface area contributed by atoms with Crippen LogP contribution in [0.2, 0.25) is 0 Å². The van der Waals surface area contributed by atoms with Gasteiger partial charge in [0.1, 0.15) is 0 Å². The minimum Gasteiger partial charge on any atom is -0.334 e. The average molecular weight is 199 g/mol. The van der Waals surface area contributed by atoms with Crippen LogP contribution in [0.3, 0.4) is 0 Å². The van der Waals surface area contributed by atoms with Crippen molar-refractivity contribution >= 4 is 22.7 Å². The van der Waals surface area contributed by atoms with Gasteiger partial charge >= 0.3 is 0 Å². The zero-order valence-electron chi connectivity index (χ0n) is 7.45. The highest BCUT2D eigenvalue weighted by atomic mass is 32.2. The summed E-state index contributed by atoms with van der Waals surface area (Å²) in [6.07, 6.45) is 0. The molecule has 1 fully saturated rings. The van der Waals surface area contributed by atoms with Gasteiger partial charge < -0.3 is 10.2 Å². The van der Waals surface area contributed by atoms with E-state index in [1.54, 1.807) is 11.8 Å². The van der Waals surface area contributed by atoms with E-state index >= 15 is 0 Å². The monoisotopic (exact) mass is 199 g/mol. The highest BCUT2D eigenvalue weighted by molar-refractivity contribution is 8.16. The Morgan fingerprint density at radius 1 is 1.46 bits per heavy atom. The summed E-state index contributed by atoms with van der Waals surface area (Å²) in [6.45, 7) is 4.25. The fourth-order valence-corrected chi connectivity index (χ4v) is 2.28. The van der Waals surface area contributed by atoms with Crippen molar-refractivity contribution < 1.29 is 4.79 Å². The number of nitrogens with one attached hydrogen (secondary N) is 1. The number of hydrogen-bond acceptors (Lipinski definition) is 4. The van der Waals surface area contributed by atoms with Gasteiger partial charge in [-0.1, -0.05) is 11.8 Å². The predicted octanol–water partition coefficient (Wildman–Crippen LogP) is -0.437. The van der Waals surface area contributed by atoms with Gasteiger partial charge in [0, 0.05) is 38.5 Å². The zero-order valence-corrected chi connectivity index (χ0v) is 8.27. The molecule has 2 rings (SSSR count). The van der Waals surface area contributed by atoms with E-state index in [4.69, 9.17) is 0 Å². The summed E-state index contributed by atoms with van der Waals surface area (Å²) in [5.41, 5.74) is 0. The summed E-state index contributed by atoms with van der Waals surface area (Å²) < 4.78 is 0. The first-order valence-corrected chi connectivity index (χ1v) is 5.54. The number of thioether (sulfide) groups is 1. The summed E-state index contributed by atoms with van der Waals surface area (Å²) in [7, 11) is 0. The minimum atomic E-state index is 0.129. The Bertz CT molecular complexity index is 236. The molecule has 2 aliphatic rings. The molecular formula is C8H13N3OS. The van der Waals surface area contributed by atoms with Gasteiger partial charge in [0.2, 0.25) is 0 Å². The largest absolute Gasteiger partial charge is 0.334 e. The Hall–Kier alpha value is -0.550. The van der Waals surface area contributed by atoms with Crippen LogP contribution >= 0.6 is 11.8 Å². The quantitative estimate of drug-likeness (QED) is 0.623. The van der Waals surface area contributed by atoms with E-state index in [-0.39, 0.29) is 5.91 Å². The van der Waals surface area contributed by atoms with Gasteiger partial charge in [-0.05, 0) is 0 Å². The van der Waals surface area contributed by atoms with Crippen molar-refractivity contribution in [1.82, 2.24) is 10.2 Å². The van der Waals surface area contributed by atoms with E-state index in [1.165, 1.54) is 0 Å². The number of piperazine rings is 1. The molecule has 5 heteroatoms. The van der Waals surface area contributed by atoms with E-state index in [0.29, 0.717) is 5.04 Å². The highest BCUT2D eigenvalue weighted by Crippen LogP contribution is 2.14. The fourth-order valence-electron chi connectivity index (χ4n) is 1.47. The first-order valence-electron chi connectivity index (χ1n) is 4.55. The van der Waals surface area contributed by atoms with Gasteiger partial charge in [0.15, 0.2) is 5.04 Å². The van der Waals surface area contributed by atoms with E-state index in [2.05, 4.69) is 10.3 Å².